The van der Waals surface area contributed by atoms with Crippen molar-refractivity contribution in [3.05, 3.63) is 18.2 Å². The molecule has 1 atom stereocenters. The van der Waals surface area contributed by atoms with Gasteiger partial charge in [0.2, 0.25) is 0 Å². The maximum atomic E-state index is 11.8. The Balaban J connectivity index is 2.51. The molecule has 1 unspecified atom stereocenters. The van der Waals surface area contributed by atoms with Crippen molar-refractivity contribution in [2.24, 2.45) is 5.73 Å². The number of hydrogen-bond donors (Lipinski definition) is 2. The highest BCUT2D eigenvalue weighted by Gasteiger charge is 2.12. The van der Waals surface area contributed by atoms with E-state index in [1.54, 1.807) is 12.5 Å². The molecule has 0 fully saturated rings. The van der Waals surface area contributed by atoms with E-state index in [2.05, 4.69) is 10.3 Å². The van der Waals surface area contributed by atoms with Crippen molar-refractivity contribution in [2.75, 3.05) is 27.2 Å². The van der Waals surface area contributed by atoms with Gasteiger partial charge in [-0.3, -0.25) is 4.79 Å². The fraction of sp³-hybridized carbons (Fsp3) is 0.636. The Labute approximate surface area is 102 Å². The van der Waals surface area contributed by atoms with Crippen molar-refractivity contribution in [3.63, 3.8) is 0 Å². The Bertz CT molecular complexity index is 360. The molecule has 6 nitrogen and oxygen atoms in total. The summed E-state index contributed by atoms with van der Waals surface area (Å²) in [7, 11) is 3.94. The first-order chi connectivity index (χ1) is 8.02. The number of nitrogens with zero attached hydrogens (tertiary/aromatic N) is 3. The van der Waals surface area contributed by atoms with Gasteiger partial charge in [-0.25, -0.2) is 4.98 Å². The third kappa shape index (κ3) is 4.54. The van der Waals surface area contributed by atoms with Gasteiger partial charge in [0.1, 0.15) is 5.69 Å². The molecule has 1 amide bonds. The molecule has 96 valence electrons. The fourth-order valence-electron chi connectivity index (χ4n) is 1.64. The molecule has 0 aromatic carbocycles. The summed E-state index contributed by atoms with van der Waals surface area (Å²) in [5.74, 6) is -0.143. The van der Waals surface area contributed by atoms with E-state index in [0.29, 0.717) is 18.8 Å². The molecule has 17 heavy (non-hydrogen) atoms. The van der Waals surface area contributed by atoms with Gasteiger partial charge in [0.25, 0.3) is 5.91 Å². The second-order valence-electron chi connectivity index (χ2n) is 4.42. The molecule has 1 heterocycles. The van der Waals surface area contributed by atoms with E-state index in [9.17, 15) is 4.79 Å². The van der Waals surface area contributed by atoms with Crippen LogP contribution in [0.3, 0.4) is 0 Å². The van der Waals surface area contributed by atoms with Crippen LogP contribution in [0.1, 0.15) is 17.4 Å². The number of aromatic nitrogens is 2. The normalized spacial score (nSPS) is 12.8. The van der Waals surface area contributed by atoms with E-state index in [1.165, 1.54) is 0 Å². The van der Waals surface area contributed by atoms with Crippen molar-refractivity contribution >= 4 is 5.91 Å². The number of hydrogen-bond acceptors (Lipinski definition) is 4. The van der Waals surface area contributed by atoms with Crippen LogP contribution >= 0.6 is 0 Å². The lowest BCUT2D eigenvalue weighted by Gasteiger charge is -2.17. The summed E-state index contributed by atoms with van der Waals surface area (Å²) < 4.78 is 1.81. The quantitative estimate of drug-likeness (QED) is 0.703. The van der Waals surface area contributed by atoms with Crippen LogP contribution in [0, 0.1) is 0 Å². The molecule has 0 saturated carbocycles. The molecular formula is C11H21N5O. The number of carbonyl (C=O) groups is 1. The lowest BCUT2D eigenvalue weighted by atomic mass is 10.3. The first-order valence-corrected chi connectivity index (χ1v) is 5.70. The van der Waals surface area contributed by atoms with E-state index in [1.807, 2.05) is 30.5 Å². The van der Waals surface area contributed by atoms with E-state index >= 15 is 0 Å². The summed E-state index contributed by atoms with van der Waals surface area (Å²) in [5.41, 5.74) is 5.86. The van der Waals surface area contributed by atoms with Gasteiger partial charge in [0, 0.05) is 31.9 Å². The summed E-state index contributed by atoms with van der Waals surface area (Å²) >= 11 is 0. The van der Waals surface area contributed by atoms with Crippen LogP contribution in [-0.2, 0) is 6.54 Å². The van der Waals surface area contributed by atoms with E-state index in [-0.39, 0.29) is 11.9 Å². The Morgan fingerprint density at radius 2 is 2.35 bits per heavy atom. The van der Waals surface area contributed by atoms with Gasteiger partial charge in [-0.2, -0.15) is 0 Å². The van der Waals surface area contributed by atoms with Crippen LogP contribution in [0.25, 0.3) is 0 Å². The van der Waals surface area contributed by atoms with Crippen molar-refractivity contribution in [1.82, 2.24) is 19.8 Å². The summed E-state index contributed by atoms with van der Waals surface area (Å²) in [6, 6.07) is 0.0946. The minimum Gasteiger partial charge on any atom is -0.347 e. The van der Waals surface area contributed by atoms with E-state index in [0.717, 1.165) is 6.54 Å². The van der Waals surface area contributed by atoms with Gasteiger partial charge in [-0.15, -0.1) is 0 Å². The number of amides is 1. The molecule has 0 bridgehead atoms. The third-order valence-electron chi connectivity index (χ3n) is 2.27. The zero-order valence-corrected chi connectivity index (χ0v) is 10.7. The zero-order chi connectivity index (χ0) is 12.8. The molecule has 1 aromatic rings. The minimum atomic E-state index is -0.143. The monoisotopic (exact) mass is 239 g/mol. The maximum absolute atomic E-state index is 11.8. The Morgan fingerprint density at radius 3 is 2.94 bits per heavy atom. The maximum Gasteiger partial charge on any atom is 0.271 e. The standard InChI is InChI=1S/C11H21N5O/c1-9(6-15(2)3)14-11(17)10-7-16(5-4-12)8-13-10/h7-9H,4-6,12H2,1-3H3,(H,14,17). The average molecular weight is 239 g/mol. The first kappa shape index (κ1) is 13.7. The highest BCUT2D eigenvalue weighted by atomic mass is 16.2. The second-order valence-corrected chi connectivity index (χ2v) is 4.42. The zero-order valence-electron chi connectivity index (χ0n) is 10.7. The molecule has 3 N–H and O–H groups in total. The topological polar surface area (TPSA) is 76.2 Å². The minimum absolute atomic E-state index is 0.0946. The number of rotatable bonds is 6. The summed E-state index contributed by atoms with van der Waals surface area (Å²) in [5, 5.41) is 2.90. The van der Waals surface area contributed by atoms with Crippen LogP contribution in [0.2, 0.25) is 0 Å². The Morgan fingerprint density at radius 1 is 1.65 bits per heavy atom. The molecule has 0 saturated heterocycles. The lowest BCUT2D eigenvalue weighted by molar-refractivity contribution is 0.0929. The van der Waals surface area contributed by atoms with Crippen molar-refractivity contribution in [1.29, 1.82) is 0 Å². The molecule has 1 aromatic heterocycles. The first-order valence-electron chi connectivity index (χ1n) is 5.70. The van der Waals surface area contributed by atoms with Crippen molar-refractivity contribution in [3.8, 4) is 0 Å². The number of carbonyl (C=O) groups excluding carboxylic acids is 1. The van der Waals surface area contributed by atoms with Crippen LogP contribution in [0.4, 0.5) is 0 Å². The SMILES string of the molecule is CC(CN(C)C)NC(=O)c1cn(CCN)cn1. The van der Waals surface area contributed by atoms with Gasteiger partial charge in [0.15, 0.2) is 0 Å². The van der Waals surface area contributed by atoms with E-state index < -0.39 is 0 Å². The van der Waals surface area contributed by atoms with Crippen LogP contribution in [0.5, 0.6) is 0 Å². The molecule has 1 rings (SSSR count). The predicted molar refractivity (Wildman–Crippen MR) is 66.8 cm³/mol. The summed E-state index contributed by atoms with van der Waals surface area (Å²) in [6.07, 6.45) is 3.34. The lowest BCUT2D eigenvalue weighted by Crippen LogP contribution is -2.39. The van der Waals surface area contributed by atoms with Gasteiger partial charge in [-0.1, -0.05) is 0 Å². The van der Waals surface area contributed by atoms with Gasteiger partial charge < -0.3 is 20.5 Å². The molecule has 0 aliphatic heterocycles. The number of nitrogens with one attached hydrogen (secondary N) is 1. The predicted octanol–water partition coefficient (Wildman–Crippen LogP) is -0.478. The molecular weight excluding hydrogens is 218 g/mol. The molecule has 0 spiro atoms. The molecule has 6 heteroatoms. The fourth-order valence-corrected chi connectivity index (χ4v) is 1.64. The molecule has 0 aliphatic carbocycles. The van der Waals surface area contributed by atoms with Crippen LogP contribution in [0.15, 0.2) is 12.5 Å². The summed E-state index contributed by atoms with van der Waals surface area (Å²) in [6.45, 7) is 3.98. The van der Waals surface area contributed by atoms with Gasteiger partial charge in [0.05, 0.1) is 6.33 Å². The third-order valence-corrected chi connectivity index (χ3v) is 2.27. The van der Waals surface area contributed by atoms with E-state index in [4.69, 9.17) is 5.73 Å². The Hall–Kier alpha value is -1.40. The second kappa shape index (κ2) is 6.36. The van der Waals surface area contributed by atoms with Gasteiger partial charge >= 0.3 is 0 Å². The number of nitrogens with two attached hydrogens (primary N) is 1. The Kier molecular flexibility index (Phi) is 5.11. The number of imidazole rings is 1. The highest BCUT2D eigenvalue weighted by molar-refractivity contribution is 5.92. The average Bonchev–Trinajstić information content (AvgIpc) is 2.65. The number of likely N-dealkylation sites (N-methyl/N-ethyl adjacent to an activating group) is 1. The van der Waals surface area contributed by atoms with Gasteiger partial charge in [-0.05, 0) is 21.0 Å². The van der Waals surface area contributed by atoms with Crippen LogP contribution in [-0.4, -0.2) is 53.6 Å². The highest BCUT2D eigenvalue weighted by Crippen LogP contribution is 1.97. The smallest absolute Gasteiger partial charge is 0.271 e. The molecule has 0 radical (unpaired) electrons. The van der Waals surface area contributed by atoms with Crippen molar-refractivity contribution < 1.29 is 4.79 Å². The van der Waals surface area contributed by atoms with Crippen molar-refractivity contribution in [2.45, 2.75) is 19.5 Å². The summed E-state index contributed by atoms with van der Waals surface area (Å²) in [4.78, 5) is 17.9. The molecule has 0 aliphatic rings. The van der Waals surface area contributed by atoms with Crippen LogP contribution < -0.4 is 11.1 Å². The largest absolute Gasteiger partial charge is 0.347 e.